The lowest BCUT2D eigenvalue weighted by Gasteiger charge is -2.13. The number of fused-ring (bicyclic) bond motifs is 1. The largest absolute Gasteiger partial charge is 0.493 e. The number of aryl methyl sites for hydroxylation is 1. The Bertz CT molecular complexity index is 1040. The standard InChI is InChI=1S/C20H19ClO4S/c1-3-12-24-19-10-11-20(17-7-5-4-6-16(17)19)26(22,23)25-15-8-9-18(21)14(2)13-15/h4-11,13H,3,12H2,1-2H3. The minimum atomic E-state index is -4.01. The molecule has 0 saturated carbocycles. The molecule has 0 spiro atoms. The monoisotopic (exact) mass is 390 g/mol. The molecule has 0 bridgehead atoms. The lowest BCUT2D eigenvalue weighted by Crippen LogP contribution is -2.10. The predicted molar refractivity (Wildman–Crippen MR) is 104 cm³/mol. The van der Waals surface area contributed by atoms with Crippen LogP contribution in [0.1, 0.15) is 18.9 Å². The first-order valence-corrected chi connectivity index (χ1v) is 10.1. The molecule has 0 N–H and O–H groups in total. The van der Waals surface area contributed by atoms with Gasteiger partial charge in [-0.05, 0) is 49.2 Å². The molecule has 0 aromatic heterocycles. The summed E-state index contributed by atoms with van der Waals surface area (Å²) in [7, 11) is -4.01. The maximum Gasteiger partial charge on any atom is 0.339 e. The molecule has 26 heavy (non-hydrogen) atoms. The number of halogens is 1. The van der Waals surface area contributed by atoms with Crippen molar-refractivity contribution in [3.05, 3.63) is 65.2 Å². The highest BCUT2D eigenvalue weighted by molar-refractivity contribution is 7.87. The smallest absolute Gasteiger partial charge is 0.339 e. The second-order valence-corrected chi connectivity index (χ2v) is 7.83. The van der Waals surface area contributed by atoms with Gasteiger partial charge >= 0.3 is 10.1 Å². The van der Waals surface area contributed by atoms with E-state index in [4.69, 9.17) is 20.5 Å². The van der Waals surface area contributed by atoms with Crippen molar-refractivity contribution in [2.24, 2.45) is 0 Å². The van der Waals surface area contributed by atoms with Crippen LogP contribution in [-0.4, -0.2) is 15.0 Å². The van der Waals surface area contributed by atoms with Gasteiger partial charge in [0, 0.05) is 15.8 Å². The van der Waals surface area contributed by atoms with Crippen molar-refractivity contribution in [1.29, 1.82) is 0 Å². The highest BCUT2D eigenvalue weighted by Crippen LogP contribution is 2.33. The average Bonchev–Trinajstić information content (AvgIpc) is 2.62. The molecule has 4 nitrogen and oxygen atoms in total. The van der Waals surface area contributed by atoms with E-state index in [9.17, 15) is 8.42 Å². The van der Waals surface area contributed by atoms with E-state index in [-0.39, 0.29) is 10.6 Å². The first-order chi connectivity index (χ1) is 12.4. The Morgan fingerprint density at radius 3 is 2.42 bits per heavy atom. The third kappa shape index (κ3) is 3.79. The molecule has 3 aromatic carbocycles. The summed E-state index contributed by atoms with van der Waals surface area (Å²) in [5, 5.41) is 1.85. The van der Waals surface area contributed by atoms with Crippen LogP contribution in [0.3, 0.4) is 0 Å². The van der Waals surface area contributed by atoms with Crippen molar-refractivity contribution in [2.45, 2.75) is 25.2 Å². The zero-order valence-electron chi connectivity index (χ0n) is 14.5. The lowest BCUT2D eigenvalue weighted by atomic mass is 10.1. The molecule has 3 aromatic rings. The van der Waals surface area contributed by atoms with E-state index in [0.29, 0.717) is 22.8 Å². The highest BCUT2D eigenvalue weighted by atomic mass is 35.5. The second kappa shape index (κ2) is 7.56. The molecule has 0 aliphatic rings. The number of ether oxygens (including phenoxy) is 1. The maximum absolute atomic E-state index is 12.8. The number of hydrogen-bond donors (Lipinski definition) is 0. The van der Waals surface area contributed by atoms with Gasteiger partial charge in [-0.2, -0.15) is 8.42 Å². The zero-order chi connectivity index (χ0) is 18.7. The van der Waals surface area contributed by atoms with Crippen LogP contribution in [0.2, 0.25) is 5.02 Å². The molecule has 0 heterocycles. The van der Waals surface area contributed by atoms with Gasteiger partial charge < -0.3 is 8.92 Å². The molecule has 0 atom stereocenters. The predicted octanol–water partition coefficient (Wildman–Crippen LogP) is 5.36. The van der Waals surface area contributed by atoms with Gasteiger partial charge in [0.2, 0.25) is 0 Å². The van der Waals surface area contributed by atoms with E-state index in [0.717, 1.165) is 17.4 Å². The molecular formula is C20H19ClO4S. The number of benzene rings is 3. The third-order valence-corrected chi connectivity index (χ3v) is 5.64. The van der Waals surface area contributed by atoms with E-state index in [1.807, 2.05) is 19.1 Å². The quantitative estimate of drug-likeness (QED) is 0.532. The van der Waals surface area contributed by atoms with Gasteiger partial charge in [0.1, 0.15) is 16.4 Å². The van der Waals surface area contributed by atoms with Crippen molar-refractivity contribution in [3.8, 4) is 11.5 Å². The van der Waals surface area contributed by atoms with Crippen LogP contribution in [0, 0.1) is 6.92 Å². The first kappa shape index (κ1) is 18.5. The summed E-state index contributed by atoms with van der Waals surface area (Å²) in [5.41, 5.74) is 0.743. The van der Waals surface area contributed by atoms with Crippen molar-refractivity contribution < 1.29 is 17.3 Å². The van der Waals surface area contributed by atoms with Crippen LogP contribution in [-0.2, 0) is 10.1 Å². The van der Waals surface area contributed by atoms with Crippen LogP contribution < -0.4 is 8.92 Å². The molecule has 6 heteroatoms. The Hall–Kier alpha value is -2.24. The van der Waals surface area contributed by atoms with Gasteiger partial charge in [-0.15, -0.1) is 0 Å². The van der Waals surface area contributed by atoms with E-state index < -0.39 is 10.1 Å². The summed E-state index contributed by atoms with van der Waals surface area (Å²) in [5.74, 6) is 0.881. The van der Waals surface area contributed by atoms with E-state index in [1.165, 1.54) is 12.1 Å². The van der Waals surface area contributed by atoms with Crippen LogP contribution in [0.25, 0.3) is 10.8 Å². The number of rotatable bonds is 6. The fourth-order valence-corrected chi connectivity index (χ4v) is 3.89. The second-order valence-electron chi connectivity index (χ2n) is 5.90. The Morgan fingerprint density at radius 1 is 1.00 bits per heavy atom. The number of hydrogen-bond acceptors (Lipinski definition) is 4. The van der Waals surface area contributed by atoms with Crippen LogP contribution in [0.5, 0.6) is 11.5 Å². The molecule has 0 aliphatic heterocycles. The summed E-state index contributed by atoms with van der Waals surface area (Å²) in [6.07, 6.45) is 0.868. The summed E-state index contributed by atoms with van der Waals surface area (Å²) in [6, 6.07) is 15.2. The summed E-state index contributed by atoms with van der Waals surface area (Å²) >= 11 is 5.99. The minimum absolute atomic E-state index is 0.101. The maximum atomic E-state index is 12.8. The Balaban J connectivity index is 2.04. The van der Waals surface area contributed by atoms with Crippen molar-refractivity contribution in [3.63, 3.8) is 0 Å². The van der Waals surface area contributed by atoms with Gasteiger partial charge in [0.15, 0.2) is 0 Å². The van der Waals surface area contributed by atoms with Crippen LogP contribution in [0.4, 0.5) is 0 Å². The van der Waals surface area contributed by atoms with E-state index in [1.54, 1.807) is 37.3 Å². The molecule has 3 rings (SSSR count). The fraction of sp³-hybridized carbons (Fsp3) is 0.200. The Labute approximate surface area is 158 Å². The minimum Gasteiger partial charge on any atom is -0.493 e. The van der Waals surface area contributed by atoms with Crippen molar-refractivity contribution >= 4 is 32.5 Å². The normalized spacial score (nSPS) is 11.5. The summed E-state index contributed by atoms with van der Waals surface area (Å²) < 4.78 is 36.7. The summed E-state index contributed by atoms with van der Waals surface area (Å²) in [6.45, 7) is 4.37. The zero-order valence-corrected chi connectivity index (χ0v) is 16.1. The van der Waals surface area contributed by atoms with Gasteiger partial charge in [0.05, 0.1) is 6.61 Å². The van der Waals surface area contributed by atoms with Gasteiger partial charge in [-0.1, -0.05) is 42.8 Å². The molecule has 0 radical (unpaired) electrons. The van der Waals surface area contributed by atoms with Crippen molar-refractivity contribution in [2.75, 3.05) is 6.61 Å². The SMILES string of the molecule is CCCOc1ccc(S(=O)(=O)Oc2ccc(Cl)c(C)c2)c2ccccc12. The first-order valence-electron chi connectivity index (χ1n) is 8.27. The van der Waals surface area contributed by atoms with Gasteiger partial charge in [-0.25, -0.2) is 0 Å². The molecule has 0 fully saturated rings. The molecule has 136 valence electrons. The van der Waals surface area contributed by atoms with E-state index in [2.05, 4.69) is 0 Å². The highest BCUT2D eigenvalue weighted by Gasteiger charge is 2.21. The summed E-state index contributed by atoms with van der Waals surface area (Å²) in [4.78, 5) is 0.101. The average molecular weight is 391 g/mol. The molecule has 0 amide bonds. The Kier molecular flexibility index (Phi) is 5.39. The van der Waals surface area contributed by atoms with Crippen LogP contribution >= 0.6 is 11.6 Å². The molecule has 0 aliphatic carbocycles. The van der Waals surface area contributed by atoms with Gasteiger partial charge in [0.25, 0.3) is 0 Å². The van der Waals surface area contributed by atoms with Crippen LogP contribution in [0.15, 0.2) is 59.5 Å². The Morgan fingerprint density at radius 2 is 1.73 bits per heavy atom. The molecular weight excluding hydrogens is 372 g/mol. The molecule has 0 saturated heterocycles. The molecule has 0 unspecified atom stereocenters. The third-order valence-electron chi connectivity index (χ3n) is 3.91. The topological polar surface area (TPSA) is 52.6 Å². The van der Waals surface area contributed by atoms with Crippen molar-refractivity contribution in [1.82, 2.24) is 0 Å². The van der Waals surface area contributed by atoms with Gasteiger partial charge in [-0.3, -0.25) is 0 Å². The fourth-order valence-electron chi connectivity index (χ4n) is 2.64. The lowest BCUT2D eigenvalue weighted by molar-refractivity contribution is 0.321. The van der Waals surface area contributed by atoms with E-state index >= 15 is 0 Å².